The summed E-state index contributed by atoms with van der Waals surface area (Å²) < 4.78 is 15.7. The molecule has 4 aromatic carbocycles. The number of halogens is 3. The van der Waals surface area contributed by atoms with Gasteiger partial charge in [0.05, 0.1) is 23.0 Å². The van der Waals surface area contributed by atoms with Gasteiger partial charge < -0.3 is 0 Å². The second kappa shape index (κ2) is 9.56. The van der Waals surface area contributed by atoms with Crippen LogP contribution < -0.4 is 5.01 Å². The molecular formula is C29H19Br2FN4. The van der Waals surface area contributed by atoms with Gasteiger partial charge in [0.25, 0.3) is 0 Å². The number of benzene rings is 4. The van der Waals surface area contributed by atoms with Crippen LogP contribution in [-0.4, -0.2) is 15.7 Å². The Bertz CT molecular complexity index is 1590. The summed E-state index contributed by atoms with van der Waals surface area (Å²) in [5, 5.41) is 7.83. The molecule has 0 unspecified atom stereocenters. The van der Waals surface area contributed by atoms with E-state index in [2.05, 4.69) is 31.9 Å². The highest BCUT2D eigenvalue weighted by Crippen LogP contribution is 2.38. The van der Waals surface area contributed by atoms with Gasteiger partial charge in [-0.05, 0) is 53.6 Å². The van der Waals surface area contributed by atoms with Crippen molar-refractivity contribution in [3.63, 3.8) is 0 Å². The Kier molecular flexibility index (Phi) is 6.11. The largest absolute Gasteiger partial charge is 0.247 e. The SMILES string of the molecule is Fc1ccc([C@H]2CC(c3ccc(Br)cc3)=NN2c2nc(-c3ccccc3)c3cc(Br)ccc3n2)cc1. The first kappa shape index (κ1) is 23.0. The second-order valence-corrected chi connectivity index (χ2v) is 10.4. The predicted octanol–water partition coefficient (Wildman–Crippen LogP) is 8.32. The minimum Gasteiger partial charge on any atom is -0.223 e. The van der Waals surface area contributed by atoms with Gasteiger partial charge in [-0.3, -0.25) is 0 Å². The molecule has 0 aliphatic carbocycles. The Labute approximate surface area is 224 Å². The molecule has 1 atom stereocenters. The van der Waals surface area contributed by atoms with E-state index in [4.69, 9.17) is 15.1 Å². The first-order valence-electron chi connectivity index (χ1n) is 11.5. The van der Waals surface area contributed by atoms with E-state index in [1.165, 1.54) is 12.1 Å². The van der Waals surface area contributed by atoms with E-state index in [9.17, 15) is 4.39 Å². The number of hydrogen-bond donors (Lipinski definition) is 0. The molecule has 0 spiro atoms. The molecule has 0 saturated heterocycles. The third kappa shape index (κ3) is 4.45. The highest BCUT2D eigenvalue weighted by molar-refractivity contribution is 9.10. The van der Waals surface area contributed by atoms with Crippen LogP contribution >= 0.6 is 31.9 Å². The summed E-state index contributed by atoms with van der Waals surface area (Å²) in [7, 11) is 0. The zero-order chi connectivity index (χ0) is 24.6. The van der Waals surface area contributed by atoms with Crippen LogP contribution in [0.15, 0.2) is 111 Å². The van der Waals surface area contributed by atoms with Gasteiger partial charge in [0, 0.05) is 26.3 Å². The summed E-state index contributed by atoms with van der Waals surface area (Å²) in [6.45, 7) is 0. The molecule has 2 heterocycles. The second-order valence-electron chi connectivity index (χ2n) is 8.57. The lowest BCUT2D eigenvalue weighted by Crippen LogP contribution is -2.21. The quantitative estimate of drug-likeness (QED) is 0.208. The van der Waals surface area contributed by atoms with E-state index >= 15 is 0 Å². The molecule has 0 fully saturated rings. The smallest absolute Gasteiger partial charge is 0.223 e. The van der Waals surface area contributed by atoms with Crippen LogP contribution in [0.1, 0.15) is 23.6 Å². The summed E-state index contributed by atoms with van der Waals surface area (Å²) >= 11 is 7.09. The van der Waals surface area contributed by atoms with Gasteiger partial charge in [0.15, 0.2) is 0 Å². The molecule has 7 heteroatoms. The minimum absolute atomic E-state index is 0.166. The Morgan fingerprint density at radius 3 is 2.22 bits per heavy atom. The monoisotopic (exact) mass is 600 g/mol. The van der Waals surface area contributed by atoms with Gasteiger partial charge in [-0.1, -0.05) is 86.5 Å². The maximum Gasteiger partial charge on any atom is 0.247 e. The van der Waals surface area contributed by atoms with Crippen molar-refractivity contribution in [2.24, 2.45) is 5.10 Å². The first-order valence-corrected chi connectivity index (χ1v) is 13.0. The maximum atomic E-state index is 13.7. The molecule has 5 aromatic rings. The number of hydrazone groups is 1. The van der Waals surface area contributed by atoms with Crippen LogP contribution in [0.5, 0.6) is 0 Å². The van der Waals surface area contributed by atoms with Crippen molar-refractivity contribution < 1.29 is 4.39 Å². The van der Waals surface area contributed by atoms with Crippen LogP contribution in [0.3, 0.4) is 0 Å². The summed E-state index contributed by atoms with van der Waals surface area (Å²) in [6, 6.07) is 30.6. The molecule has 1 aliphatic heterocycles. The van der Waals surface area contributed by atoms with E-state index < -0.39 is 0 Å². The molecule has 36 heavy (non-hydrogen) atoms. The lowest BCUT2D eigenvalue weighted by molar-refractivity contribution is 0.623. The molecule has 1 aromatic heterocycles. The molecule has 176 valence electrons. The number of fused-ring (bicyclic) bond motifs is 1. The van der Waals surface area contributed by atoms with Crippen LogP contribution in [-0.2, 0) is 0 Å². The van der Waals surface area contributed by atoms with Crippen molar-refractivity contribution in [2.45, 2.75) is 12.5 Å². The lowest BCUT2D eigenvalue weighted by Gasteiger charge is -2.23. The van der Waals surface area contributed by atoms with Gasteiger partial charge >= 0.3 is 0 Å². The van der Waals surface area contributed by atoms with Gasteiger partial charge in [0.2, 0.25) is 5.95 Å². The number of nitrogens with zero attached hydrogens (tertiary/aromatic N) is 4. The first-order chi connectivity index (χ1) is 17.5. The molecule has 0 bridgehead atoms. The van der Waals surface area contributed by atoms with Crippen LogP contribution in [0.25, 0.3) is 22.2 Å². The zero-order valence-electron chi connectivity index (χ0n) is 18.9. The van der Waals surface area contributed by atoms with Crippen molar-refractivity contribution in [2.75, 3.05) is 5.01 Å². The van der Waals surface area contributed by atoms with Crippen molar-refractivity contribution in [1.29, 1.82) is 0 Å². The summed E-state index contributed by atoms with van der Waals surface area (Å²) in [4.78, 5) is 9.96. The average Bonchev–Trinajstić information content (AvgIpc) is 3.35. The van der Waals surface area contributed by atoms with E-state index in [-0.39, 0.29) is 11.9 Å². The fourth-order valence-electron chi connectivity index (χ4n) is 4.46. The predicted molar refractivity (Wildman–Crippen MR) is 150 cm³/mol. The molecule has 4 nitrogen and oxygen atoms in total. The van der Waals surface area contributed by atoms with Crippen LogP contribution in [0.2, 0.25) is 0 Å². The van der Waals surface area contributed by atoms with Gasteiger partial charge in [-0.25, -0.2) is 19.4 Å². The maximum absolute atomic E-state index is 13.7. The van der Waals surface area contributed by atoms with Crippen LogP contribution in [0.4, 0.5) is 10.3 Å². The standard InChI is InChI=1S/C29H19Br2FN4/c30-21-10-6-18(7-11-21)26-17-27(19-8-13-23(32)14-9-19)36(35-26)29-33-25-15-12-22(31)16-24(25)28(34-29)20-4-2-1-3-5-20/h1-16,27H,17H2/t27-/m1/s1. The summed E-state index contributed by atoms with van der Waals surface area (Å²) in [5.74, 6) is 0.237. The van der Waals surface area contributed by atoms with E-state index in [1.54, 1.807) is 0 Å². The van der Waals surface area contributed by atoms with Gasteiger partial charge in [-0.15, -0.1) is 0 Å². The summed E-state index contributed by atoms with van der Waals surface area (Å²) in [5.41, 5.74) is 5.57. The average molecular weight is 602 g/mol. The Hall–Kier alpha value is -3.42. The van der Waals surface area contributed by atoms with Gasteiger partial charge in [0.1, 0.15) is 5.82 Å². The number of aromatic nitrogens is 2. The number of rotatable bonds is 4. The highest BCUT2D eigenvalue weighted by atomic mass is 79.9. The minimum atomic E-state index is -0.267. The third-order valence-electron chi connectivity index (χ3n) is 6.24. The highest BCUT2D eigenvalue weighted by Gasteiger charge is 2.32. The van der Waals surface area contributed by atoms with E-state index in [0.717, 1.165) is 47.9 Å². The van der Waals surface area contributed by atoms with E-state index in [1.807, 2.05) is 89.9 Å². The number of hydrogen-bond acceptors (Lipinski definition) is 4. The van der Waals surface area contributed by atoms with Crippen LogP contribution in [0, 0.1) is 5.82 Å². The van der Waals surface area contributed by atoms with Crippen molar-refractivity contribution >= 4 is 54.4 Å². The topological polar surface area (TPSA) is 41.4 Å². The van der Waals surface area contributed by atoms with E-state index in [0.29, 0.717) is 12.4 Å². The van der Waals surface area contributed by atoms with Gasteiger partial charge in [-0.2, -0.15) is 5.10 Å². The third-order valence-corrected chi connectivity index (χ3v) is 7.26. The van der Waals surface area contributed by atoms with Crippen molar-refractivity contribution in [1.82, 2.24) is 9.97 Å². The zero-order valence-corrected chi connectivity index (χ0v) is 22.1. The lowest BCUT2D eigenvalue weighted by atomic mass is 9.98. The normalized spacial score (nSPS) is 15.4. The molecule has 1 aliphatic rings. The number of anilines is 1. The molecule has 0 N–H and O–H groups in total. The fraction of sp³-hybridized carbons (Fsp3) is 0.0690. The molecule has 0 amide bonds. The van der Waals surface area contributed by atoms with Crippen molar-refractivity contribution in [3.8, 4) is 11.3 Å². The molecule has 0 saturated carbocycles. The Balaban J connectivity index is 1.53. The Morgan fingerprint density at radius 1 is 0.750 bits per heavy atom. The summed E-state index contributed by atoms with van der Waals surface area (Å²) in [6.07, 6.45) is 0.648. The molecular weight excluding hydrogens is 583 g/mol. The fourth-order valence-corrected chi connectivity index (χ4v) is 5.09. The van der Waals surface area contributed by atoms with Crippen molar-refractivity contribution in [3.05, 3.63) is 123 Å². The Morgan fingerprint density at radius 2 is 1.47 bits per heavy atom. The molecule has 6 rings (SSSR count). The molecule has 0 radical (unpaired) electrons.